The predicted octanol–water partition coefficient (Wildman–Crippen LogP) is 2.91. The second-order valence-corrected chi connectivity index (χ2v) is 9.64. The molecule has 0 atom stereocenters. The van der Waals surface area contributed by atoms with Gasteiger partial charge in [-0.25, -0.2) is 8.42 Å². The maximum atomic E-state index is 13.2. The van der Waals surface area contributed by atoms with Crippen molar-refractivity contribution in [2.24, 2.45) is 0 Å². The van der Waals surface area contributed by atoms with Crippen LogP contribution in [0.5, 0.6) is 0 Å². The third-order valence-electron chi connectivity index (χ3n) is 5.60. The fourth-order valence-corrected chi connectivity index (χ4v) is 5.57. The molecule has 0 radical (unpaired) electrons. The Morgan fingerprint density at radius 2 is 1.72 bits per heavy atom. The second-order valence-electron chi connectivity index (χ2n) is 7.73. The molecule has 1 aliphatic heterocycles. The summed E-state index contributed by atoms with van der Waals surface area (Å²) in [5, 5.41) is 11.8. The highest BCUT2D eigenvalue weighted by atomic mass is 32.2. The Hall–Kier alpha value is -3.37. The number of carbonyl (C=O) groups is 1. The zero-order valence-corrected chi connectivity index (χ0v) is 18.5. The first-order valence-electron chi connectivity index (χ1n) is 10.1. The summed E-state index contributed by atoms with van der Waals surface area (Å²) in [6.45, 7) is 4.10. The SMILES string of the molecule is Cc1cc(C(=O)N2CCN(S(=O)(=O)c3cc([N+](=O)[O-])ccc3C)CC2)c2ccccc2n1. The first-order valence-corrected chi connectivity index (χ1v) is 11.5. The number of hydrogen-bond acceptors (Lipinski definition) is 6. The van der Waals surface area contributed by atoms with Crippen LogP contribution in [0.4, 0.5) is 5.69 Å². The number of nitrogens with zero attached hydrogens (tertiary/aromatic N) is 4. The number of nitro benzene ring substituents is 1. The minimum atomic E-state index is -3.92. The van der Waals surface area contributed by atoms with E-state index >= 15 is 0 Å². The Morgan fingerprint density at radius 1 is 1.03 bits per heavy atom. The van der Waals surface area contributed by atoms with Crippen molar-refractivity contribution in [3.63, 3.8) is 0 Å². The van der Waals surface area contributed by atoms with Crippen LogP contribution in [-0.4, -0.2) is 59.6 Å². The monoisotopic (exact) mass is 454 g/mol. The van der Waals surface area contributed by atoms with Crippen molar-refractivity contribution in [3.05, 3.63) is 75.5 Å². The van der Waals surface area contributed by atoms with E-state index in [9.17, 15) is 23.3 Å². The summed E-state index contributed by atoms with van der Waals surface area (Å²) in [5.41, 5.74) is 2.17. The molecule has 2 heterocycles. The first-order chi connectivity index (χ1) is 15.2. The molecule has 1 aliphatic rings. The number of fused-ring (bicyclic) bond motifs is 1. The van der Waals surface area contributed by atoms with E-state index in [1.807, 2.05) is 31.2 Å². The average molecular weight is 455 g/mol. The number of sulfonamides is 1. The molecule has 1 aromatic heterocycles. The molecule has 166 valence electrons. The van der Waals surface area contributed by atoms with E-state index in [0.29, 0.717) is 11.1 Å². The molecule has 1 saturated heterocycles. The van der Waals surface area contributed by atoms with Crippen molar-refractivity contribution in [2.45, 2.75) is 18.7 Å². The summed E-state index contributed by atoms with van der Waals surface area (Å²) in [7, 11) is -3.92. The Bertz CT molecular complexity index is 1330. The summed E-state index contributed by atoms with van der Waals surface area (Å²) in [5.74, 6) is -0.171. The van der Waals surface area contributed by atoms with Crippen LogP contribution < -0.4 is 0 Å². The van der Waals surface area contributed by atoms with Crippen LogP contribution in [0.25, 0.3) is 10.9 Å². The molecule has 2 aromatic carbocycles. The molecule has 0 aliphatic carbocycles. The molecule has 4 rings (SSSR count). The summed E-state index contributed by atoms with van der Waals surface area (Å²) >= 11 is 0. The highest BCUT2D eigenvalue weighted by Gasteiger charge is 2.32. The maximum Gasteiger partial charge on any atom is 0.270 e. The van der Waals surface area contributed by atoms with Crippen molar-refractivity contribution in [1.82, 2.24) is 14.2 Å². The number of para-hydroxylation sites is 1. The van der Waals surface area contributed by atoms with E-state index < -0.39 is 14.9 Å². The summed E-state index contributed by atoms with van der Waals surface area (Å²) < 4.78 is 27.6. The number of benzene rings is 2. The van der Waals surface area contributed by atoms with Crippen LogP contribution in [0.1, 0.15) is 21.6 Å². The molecule has 0 N–H and O–H groups in total. The van der Waals surface area contributed by atoms with Crippen molar-refractivity contribution in [1.29, 1.82) is 0 Å². The standard InChI is InChI=1S/C22H22N4O5S/c1-15-7-8-17(26(28)29)14-21(15)32(30,31)25-11-9-24(10-12-25)22(27)19-13-16(2)23-20-6-4-3-5-18(19)20/h3-8,13-14H,9-12H2,1-2H3. The molecular formula is C22H22N4O5S. The lowest BCUT2D eigenvalue weighted by Crippen LogP contribution is -2.50. The number of rotatable bonds is 4. The van der Waals surface area contributed by atoms with Gasteiger partial charge < -0.3 is 4.90 Å². The summed E-state index contributed by atoms with van der Waals surface area (Å²) in [4.78, 5) is 29.7. The molecule has 0 spiro atoms. The number of non-ortho nitro benzene ring substituents is 1. The number of hydrogen-bond donors (Lipinski definition) is 0. The summed E-state index contributed by atoms with van der Waals surface area (Å²) in [6, 6.07) is 13.0. The zero-order chi connectivity index (χ0) is 23.0. The Morgan fingerprint density at radius 3 is 2.41 bits per heavy atom. The van der Waals surface area contributed by atoms with Gasteiger partial charge in [-0.05, 0) is 31.5 Å². The van der Waals surface area contributed by atoms with Crippen molar-refractivity contribution in [3.8, 4) is 0 Å². The number of aromatic nitrogens is 1. The van der Waals surface area contributed by atoms with Gasteiger partial charge >= 0.3 is 0 Å². The molecule has 0 bridgehead atoms. The van der Waals surface area contributed by atoms with Crippen LogP contribution in [0.2, 0.25) is 0 Å². The molecule has 32 heavy (non-hydrogen) atoms. The lowest BCUT2D eigenvalue weighted by Gasteiger charge is -2.34. The smallest absolute Gasteiger partial charge is 0.270 e. The van der Waals surface area contributed by atoms with Crippen molar-refractivity contribution < 1.29 is 18.1 Å². The van der Waals surface area contributed by atoms with Crippen molar-refractivity contribution in [2.75, 3.05) is 26.2 Å². The van der Waals surface area contributed by atoms with Crippen molar-refractivity contribution >= 4 is 32.5 Å². The number of piperazine rings is 1. The molecule has 10 heteroatoms. The van der Waals surface area contributed by atoms with Gasteiger partial charge in [0.05, 0.1) is 20.9 Å². The van der Waals surface area contributed by atoms with Gasteiger partial charge in [0.2, 0.25) is 10.0 Å². The third-order valence-corrected chi connectivity index (χ3v) is 7.64. The average Bonchev–Trinajstić information content (AvgIpc) is 2.78. The minimum absolute atomic E-state index is 0.0813. The van der Waals surface area contributed by atoms with E-state index in [2.05, 4.69) is 4.98 Å². The zero-order valence-electron chi connectivity index (χ0n) is 17.7. The molecule has 9 nitrogen and oxygen atoms in total. The molecular weight excluding hydrogens is 432 g/mol. The van der Waals surface area contributed by atoms with E-state index in [1.165, 1.54) is 16.4 Å². The number of carbonyl (C=O) groups excluding carboxylic acids is 1. The number of pyridine rings is 1. The first kappa shape index (κ1) is 21.8. The van der Waals surface area contributed by atoms with Crippen LogP contribution in [0.3, 0.4) is 0 Å². The molecule has 3 aromatic rings. The van der Waals surface area contributed by atoms with Crippen LogP contribution in [-0.2, 0) is 10.0 Å². The molecule has 0 unspecified atom stereocenters. The van der Waals surface area contributed by atoms with Gasteiger partial charge in [-0.1, -0.05) is 24.3 Å². The predicted molar refractivity (Wildman–Crippen MR) is 119 cm³/mol. The lowest BCUT2D eigenvalue weighted by atomic mass is 10.1. The quantitative estimate of drug-likeness (QED) is 0.442. The van der Waals surface area contributed by atoms with Gasteiger partial charge in [-0.15, -0.1) is 0 Å². The number of amides is 1. The second kappa shape index (κ2) is 8.29. The fraction of sp³-hybridized carbons (Fsp3) is 0.273. The highest BCUT2D eigenvalue weighted by Crippen LogP contribution is 2.26. The maximum absolute atomic E-state index is 13.2. The van der Waals surface area contributed by atoms with Gasteiger partial charge in [0.1, 0.15) is 0 Å². The van der Waals surface area contributed by atoms with E-state index in [1.54, 1.807) is 17.9 Å². The van der Waals surface area contributed by atoms with Crippen LogP contribution >= 0.6 is 0 Å². The van der Waals surface area contributed by atoms with Gasteiger partial charge in [-0.2, -0.15) is 4.31 Å². The van der Waals surface area contributed by atoms with Crippen LogP contribution in [0.15, 0.2) is 53.4 Å². The van der Waals surface area contributed by atoms with Gasteiger partial charge in [-0.3, -0.25) is 19.9 Å². The largest absolute Gasteiger partial charge is 0.336 e. The Labute approximate surface area is 185 Å². The normalized spacial score (nSPS) is 15.1. The van der Waals surface area contributed by atoms with E-state index in [0.717, 1.165) is 22.7 Å². The molecule has 1 amide bonds. The number of nitro groups is 1. The van der Waals surface area contributed by atoms with Gasteiger partial charge in [0.25, 0.3) is 11.6 Å². The molecule has 1 fully saturated rings. The Kier molecular flexibility index (Phi) is 5.66. The lowest BCUT2D eigenvalue weighted by molar-refractivity contribution is -0.385. The van der Waals surface area contributed by atoms with Gasteiger partial charge in [0.15, 0.2) is 0 Å². The highest BCUT2D eigenvalue weighted by molar-refractivity contribution is 7.89. The minimum Gasteiger partial charge on any atom is -0.336 e. The van der Waals surface area contributed by atoms with Gasteiger partial charge in [0, 0.05) is 49.4 Å². The number of aryl methyl sites for hydroxylation is 2. The van der Waals surface area contributed by atoms with E-state index in [-0.39, 0.29) is 42.7 Å². The van der Waals surface area contributed by atoms with Crippen LogP contribution in [0, 0.1) is 24.0 Å². The third kappa shape index (κ3) is 3.94. The molecule has 0 saturated carbocycles. The fourth-order valence-electron chi connectivity index (χ4n) is 3.91. The topological polar surface area (TPSA) is 114 Å². The summed E-state index contributed by atoms with van der Waals surface area (Å²) in [6.07, 6.45) is 0. The Balaban J connectivity index is 1.56. The van der Waals surface area contributed by atoms with E-state index in [4.69, 9.17) is 0 Å².